The Morgan fingerprint density at radius 2 is 0.797 bits per heavy atom. The fraction of sp³-hybridized carbons (Fsp3) is 0.522. The molecule has 64 heavy (non-hydrogen) atoms. The molecule has 0 radical (unpaired) electrons. The number of rotatable bonds is 32. The van der Waals surface area contributed by atoms with Crippen LogP contribution in [0.25, 0.3) is 0 Å². The lowest BCUT2D eigenvalue weighted by atomic mass is 10.1. The topological polar surface area (TPSA) is 214 Å². The first-order valence-electron chi connectivity index (χ1n) is 21.9. The highest BCUT2D eigenvalue weighted by molar-refractivity contribution is 5.93. The largest absolute Gasteiger partial charge is 0.447 e. The van der Waals surface area contributed by atoms with Crippen molar-refractivity contribution in [1.82, 2.24) is 10.6 Å². The third-order valence-corrected chi connectivity index (χ3v) is 9.06. The predicted octanol–water partition coefficient (Wildman–Crippen LogP) is 7.74. The third kappa shape index (κ3) is 24.4. The Morgan fingerprint density at radius 1 is 0.438 bits per heavy atom. The van der Waals surface area contributed by atoms with Gasteiger partial charge >= 0.3 is 24.2 Å². The molecule has 0 aliphatic rings. The van der Waals surface area contributed by atoms with Gasteiger partial charge in [0.2, 0.25) is 0 Å². The molecule has 0 bridgehead atoms. The number of unbranched alkanes of at least 4 members (excludes halogenated alkanes) is 2. The number of anilines is 4. The van der Waals surface area contributed by atoms with Crippen LogP contribution < -0.4 is 31.9 Å². The minimum absolute atomic E-state index is 0.0647. The maximum atomic E-state index is 12.9. The van der Waals surface area contributed by atoms with Crippen LogP contribution in [-0.2, 0) is 51.0 Å². The van der Waals surface area contributed by atoms with Gasteiger partial charge in [0, 0.05) is 49.1 Å². The van der Waals surface area contributed by atoms with Crippen molar-refractivity contribution in [3.8, 4) is 0 Å². The molecule has 18 nitrogen and oxygen atoms in total. The summed E-state index contributed by atoms with van der Waals surface area (Å²) in [5.74, 6) is 0. The molecule has 0 heterocycles. The molecule has 0 aliphatic heterocycles. The number of carbonyl (C=O) groups excluding carboxylic acids is 4. The van der Waals surface area contributed by atoms with Gasteiger partial charge in [-0.15, -0.1) is 0 Å². The summed E-state index contributed by atoms with van der Waals surface area (Å²) in [6, 6.07) is 16.8. The predicted molar refractivity (Wildman–Crippen MR) is 245 cm³/mol. The maximum Gasteiger partial charge on any atom is 0.411 e. The Labute approximate surface area is 377 Å². The zero-order valence-electron chi connectivity index (χ0n) is 37.8. The highest BCUT2D eigenvalue weighted by atomic mass is 16.6. The van der Waals surface area contributed by atoms with Gasteiger partial charge in [-0.2, -0.15) is 0 Å². The van der Waals surface area contributed by atoms with E-state index >= 15 is 0 Å². The van der Waals surface area contributed by atoms with E-state index in [0.717, 1.165) is 61.2 Å². The first kappa shape index (κ1) is 52.8. The zero-order valence-corrected chi connectivity index (χ0v) is 37.8. The van der Waals surface area contributed by atoms with Crippen LogP contribution in [0.4, 0.5) is 41.9 Å². The van der Waals surface area contributed by atoms with Crippen LogP contribution in [-0.4, -0.2) is 117 Å². The average Bonchev–Trinajstić information content (AvgIpc) is 3.28. The van der Waals surface area contributed by atoms with Gasteiger partial charge in [-0.25, -0.2) is 19.2 Å². The van der Waals surface area contributed by atoms with E-state index in [9.17, 15) is 19.2 Å². The van der Waals surface area contributed by atoms with Crippen molar-refractivity contribution in [2.45, 2.75) is 66.5 Å². The molecule has 6 amide bonds. The van der Waals surface area contributed by atoms with E-state index in [2.05, 4.69) is 45.7 Å². The molecule has 0 spiro atoms. The number of benzene rings is 3. The number of carbonyl (C=O) groups is 4. The summed E-state index contributed by atoms with van der Waals surface area (Å²) in [7, 11) is 0. The van der Waals surface area contributed by atoms with Crippen molar-refractivity contribution in [1.29, 1.82) is 0 Å². The second kappa shape index (κ2) is 33.1. The Hall–Kier alpha value is -5.50. The monoisotopic (exact) mass is 896 g/mol. The van der Waals surface area contributed by atoms with Gasteiger partial charge in [-0.1, -0.05) is 63.1 Å². The number of nitrogens with one attached hydrogen (secondary N) is 6. The Bertz CT molecular complexity index is 1690. The Kier molecular flexibility index (Phi) is 27.3. The van der Waals surface area contributed by atoms with E-state index in [1.165, 1.54) is 0 Å². The van der Waals surface area contributed by atoms with E-state index in [1.807, 2.05) is 38.1 Å². The molecule has 3 aromatic rings. The number of aryl methyl sites for hydroxylation is 2. The fourth-order valence-corrected chi connectivity index (χ4v) is 5.49. The first-order chi connectivity index (χ1) is 31.2. The molecule has 0 saturated heterocycles. The maximum absolute atomic E-state index is 12.9. The van der Waals surface area contributed by atoms with Crippen molar-refractivity contribution in [3.05, 3.63) is 82.9 Å². The van der Waals surface area contributed by atoms with Crippen molar-refractivity contribution < 1.29 is 57.1 Å². The molecule has 3 aromatic carbocycles. The van der Waals surface area contributed by atoms with E-state index in [0.29, 0.717) is 75.6 Å². The summed E-state index contributed by atoms with van der Waals surface area (Å²) in [5, 5.41) is 16.6. The summed E-state index contributed by atoms with van der Waals surface area (Å²) in [4.78, 5) is 50.4. The molecule has 3 rings (SSSR count). The number of hydrogen-bond donors (Lipinski definition) is 6. The van der Waals surface area contributed by atoms with Crippen molar-refractivity contribution in [2.75, 3.05) is 114 Å². The lowest BCUT2D eigenvalue weighted by Gasteiger charge is -2.14. The van der Waals surface area contributed by atoms with Crippen LogP contribution in [0.5, 0.6) is 0 Å². The molecule has 354 valence electrons. The standard InChI is InChI=1S/C46H68N6O12/c1-5-7-16-57-18-20-59-22-24-61-26-28-63-45(55)49-39-14-12-35(3)41(31-39)51-43(53)47-33-37-10-9-11-38(30-37)34-48-44(54)52-42-32-40(15-13-36(42)4)50-46(56)64-29-27-62-25-23-60-21-19-58-17-8-6-2/h9-15,30-32H,5-8,16-29,33-34H2,1-4H3,(H,49,55)(H,50,56)(H2,47,51,53)(H2,48,52,54). The van der Waals surface area contributed by atoms with Crippen LogP contribution >= 0.6 is 0 Å². The minimum atomic E-state index is -0.651. The Morgan fingerprint density at radius 3 is 1.17 bits per heavy atom. The number of urea groups is 2. The number of ether oxygens (including phenoxy) is 8. The molecule has 0 fully saturated rings. The van der Waals surface area contributed by atoms with Gasteiger partial charge < -0.3 is 59.2 Å². The summed E-state index contributed by atoms with van der Waals surface area (Å²) in [6.07, 6.45) is 2.96. The molecule has 0 atom stereocenters. The Balaban J connectivity index is 1.31. The molecular weight excluding hydrogens is 829 g/mol. The minimum Gasteiger partial charge on any atom is -0.447 e. The first-order valence-corrected chi connectivity index (χ1v) is 21.9. The summed E-state index contributed by atoms with van der Waals surface area (Å²) < 4.78 is 43.0. The van der Waals surface area contributed by atoms with Crippen LogP contribution in [0.2, 0.25) is 0 Å². The second-order valence-corrected chi connectivity index (χ2v) is 14.4. The van der Waals surface area contributed by atoms with Crippen LogP contribution in [0, 0.1) is 13.8 Å². The lowest BCUT2D eigenvalue weighted by Crippen LogP contribution is -2.29. The molecule has 0 aromatic heterocycles. The smallest absolute Gasteiger partial charge is 0.411 e. The molecule has 0 saturated carbocycles. The zero-order chi connectivity index (χ0) is 46.0. The van der Waals surface area contributed by atoms with Crippen LogP contribution in [0.1, 0.15) is 61.8 Å². The number of amides is 6. The van der Waals surface area contributed by atoms with Gasteiger partial charge in [-0.05, 0) is 73.2 Å². The molecule has 6 N–H and O–H groups in total. The molecular formula is C46H68N6O12. The summed E-state index contributed by atoms with van der Waals surface area (Å²) in [6.45, 7) is 14.1. The van der Waals surface area contributed by atoms with Crippen LogP contribution in [0.15, 0.2) is 60.7 Å². The van der Waals surface area contributed by atoms with Gasteiger partial charge in [0.25, 0.3) is 0 Å². The van der Waals surface area contributed by atoms with E-state index in [-0.39, 0.29) is 39.5 Å². The highest BCUT2D eigenvalue weighted by Crippen LogP contribution is 2.22. The highest BCUT2D eigenvalue weighted by Gasteiger charge is 2.11. The second-order valence-electron chi connectivity index (χ2n) is 14.4. The normalized spacial score (nSPS) is 10.8. The average molecular weight is 897 g/mol. The molecule has 0 aliphatic carbocycles. The fourth-order valence-electron chi connectivity index (χ4n) is 5.49. The van der Waals surface area contributed by atoms with Gasteiger partial charge in [-0.3, -0.25) is 10.6 Å². The van der Waals surface area contributed by atoms with Crippen molar-refractivity contribution in [3.63, 3.8) is 0 Å². The van der Waals surface area contributed by atoms with Gasteiger partial charge in [0.05, 0.1) is 66.1 Å². The van der Waals surface area contributed by atoms with E-state index < -0.39 is 24.2 Å². The van der Waals surface area contributed by atoms with E-state index in [1.54, 1.807) is 36.4 Å². The molecule has 0 unspecified atom stereocenters. The van der Waals surface area contributed by atoms with Gasteiger partial charge in [0.1, 0.15) is 13.2 Å². The summed E-state index contributed by atoms with van der Waals surface area (Å²) in [5.41, 5.74) is 5.11. The summed E-state index contributed by atoms with van der Waals surface area (Å²) >= 11 is 0. The van der Waals surface area contributed by atoms with Gasteiger partial charge in [0.15, 0.2) is 0 Å². The van der Waals surface area contributed by atoms with Crippen molar-refractivity contribution in [2.24, 2.45) is 0 Å². The van der Waals surface area contributed by atoms with Crippen molar-refractivity contribution >= 4 is 47.0 Å². The number of hydrogen-bond acceptors (Lipinski definition) is 12. The third-order valence-electron chi connectivity index (χ3n) is 9.06. The molecule has 18 heteroatoms. The van der Waals surface area contributed by atoms with Crippen LogP contribution in [0.3, 0.4) is 0 Å². The quantitative estimate of drug-likeness (QED) is 0.0332. The van der Waals surface area contributed by atoms with E-state index in [4.69, 9.17) is 37.9 Å². The SMILES string of the molecule is CCCCOCCOCCOCCOC(=O)Nc1ccc(C)c(NC(=O)NCc2cccc(CNC(=O)Nc3cc(NC(=O)OCCOCCOCCOCCCC)ccc3C)c2)c1. The lowest BCUT2D eigenvalue weighted by molar-refractivity contribution is 0.00612.